The van der Waals surface area contributed by atoms with Crippen LogP contribution >= 0.6 is 0 Å². The molecule has 1 aliphatic heterocycles. The monoisotopic (exact) mass is 327 g/mol. The van der Waals surface area contributed by atoms with Crippen molar-refractivity contribution in [2.24, 2.45) is 0 Å². The highest BCUT2D eigenvalue weighted by Gasteiger charge is 2.26. The van der Waals surface area contributed by atoms with Crippen LogP contribution in [0.4, 0.5) is 4.39 Å². The summed E-state index contributed by atoms with van der Waals surface area (Å²) in [7, 11) is 0. The molecule has 1 unspecified atom stereocenters. The summed E-state index contributed by atoms with van der Waals surface area (Å²) in [6, 6.07) is 14.4. The van der Waals surface area contributed by atoms with Gasteiger partial charge < -0.3 is 9.64 Å². The third kappa shape index (κ3) is 4.01. The van der Waals surface area contributed by atoms with Crippen molar-refractivity contribution in [1.29, 1.82) is 0 Å². The summed E-state index contributed by atoms with van der Waals surface area (Å²) in [4.78, 5) is 14.2. The number of carbonyl (C=O) groups excluding carboxylic acids is 1. The molecule has 1 amide bonds. The van der Waals surface area contributed by atoms with Gasteiger partial charge in [0.15, 0.2) is 0 Å². The molecule has 4 heteroatoms. The molecule has 24 heavy (non-hydrogen) atoms. The maximum absolute atomic E-state index is 13.8. The SMILES string of the molecule is Cc1ccc(COC2CCCN(C(=O)c3ccccc3F)C2)cc1. The lowest BCUT2D eigenvalue weighted by molar-refractivity contribution is -0.00685. The summed E-state index contributed by atoms with van der Waals surface area (Å²) in [5.74, 6) is -0.720. The summed E-state index contributed by atoms with van der Waals surface area (Å²) >= 11 is 0. The average Bonchev–Trinajstić information content (AvgIpc) is 2.61. The topological polar surface area (TPSA) is 29.5 Å². The number of hydrogen-bond donors (Lipinski definition) is 0. The third-order valence-electron chi connectivity index (χ3n) is 4.38. The molecule has 126 valence electrons. The molecule has 1 fully saturated rings. The molecule has 0 saturated carbocycles. The Morgan fingerprint density at radius 2 is 1.96 bits per heavy atom. The maximum atomic E-state index is 13.8. The van der Waals surface area contributed by atoms with Crippen molar-refractivity contribution in [2.75, 3.05) is 13.1 Å². The number of hydrogen-bond acceptors (Lipinski definition) is 2. The minimum absolute atomic E-state index is 0.00391. The Bertz CT molecular complexity index is 699. The van der Waals surface area contributed by atoms with Gasteiger partial charge >= 0.3 is 0 Å². The first-order chi connectivity index (χ1) is 11.6. The first-order valence-corrected chi connectivity index (χ1v) is 8.34. The number of piperidine rings is 1. The normalized spacial score (nSPS) is 17.8. The van der Waals surface area contributed by atoms with E-state index in [2.05, 4.69) is 31.2 Å². The molecule has 0 radical (unpaired) electrons. The van der Waals surface area contributed by atoms with Gasteiger partial charge in [-0.15, -0.1) is 0 Å². The molecule has 0 N–H and O–H groups in total. The van der Waals surface area contributed by atoms with Crippen LogP contribution < -0.4 is 0 Å². The van der Waals surface area contributed by atoms with E-state index in [-0.39, 0.29) is 17.6 Å². The van der Waals surface area contributed by atoms with Gasteiger partial charge in [0.1, 0.15) is 5.82 Å². The van der Waals surface area contributed by atoms with Crippen LogP contribution in [0.3, 0.4) is 0 Å². The molecule has 1 heterocycles. The van der Waals surface area contributed by atoms with Gasteiger partial charge in [-0.3, -0.25) is 4.79 Å². The van der Waals surface area contributed by atoms with Gasteiger partial charge in [0.05, 0.1) is 18.3 Å². The van der Waals surface area contributed by atoms with Crippen molar-refractivity contribution < 1.29 is 13.9 Å². The average molecular weight is 327 g/mol. The zero-order valence-corrected chi connectivity index (χ0v) is 13.9. The van der Waals surface area contributed by atoms with Crippen molar-refractivity contribution in [1.82, 2.24) is 4.90 Å². The highest BCUT2D eigenvalue weighted by atomic mass is 19.1. The van der Waals surface area contributed by atoms with Gasteiger partial charge in [0, 0.05) is 13.1 Å². The lowest BCUT2D eigenvalue weighted by Gasteiger charge is -2.32. The van der Waals surface area contributed by atoms with Crippen molar-refractivity contribution in [3.63, 3.8) is 0 Å². The van der Waals surface area contributed by atoms with Crippen LogP contribution in [0, 0.1) is 12.7 Å². The van der Waals surface area contributed by atoms with Gasteiger partial charge in [-0.2, -0.15) is 0 Å². The number of halogens is 1. The Labute approximate surface area is 142 Å². The van der Waals surface area contributed by atoms with E-state index in [1.165, 1.54) is 17.7 Å². The molecule has 3 nitrogen and oxygen atoms in total. The fourth-order valence-corrected chi connectivity index (χ4v) is 2.96. The zero-order chi connectivity index (χ0) is 16.9. The van der Waals surface area contributed by atoms with E-state index in [0.717, 1.165) is 18.4 Å². The van der Waals surface area contributed by atoms with Crippen LogP contribution in [0.2, 0.25) is 0 Å². The van der Waals surface area contributed by atoms with E-state index in [4.69, 9.17) is 4.74 Å². The second kappa shape index (κ2) is 7.58. The Morgan fingerprint density at radius 1 is 1.21 bits per heavy atom. The molecule has 2 aromatic rings. The smallest absolute Gasteiger partial charge is 0.256 e. The lowest BCUT2D eigenvalue weighted by Crippen LogP contribution is -2.43. The molecule has 2 aromatic carbocycles. The van der Waals surface area contributed by atoms with E-state index >= 15 is 0 Å². The zero-order valence-electron chi connectivity index (χ0n) is 13.9. The standard InChI is InChI=1S/C20H22FNO2/c1-15-8-10-16(11-9-15)14-24-17-5-4-12-22(13-17)20(23)18-6-2-3-7-19(18)21/h2-3,6-11,17H,4-5,12-14H2,1H3. The van der Waals surface area contributed by atoms with Crippen molar-refractivity contribution in [3.05, 3.63) is 71.0 Å². The van der Waals surface area contributed by atoms with E-state index in [1.807, 2.05) is 0 Å². The van der Waals surface area contributed by atoms with Crippen LogP contribution in [0.5, 0.6) is 0 Å². The van der Waals surface area contributed by atoms with Crippen LogP contribution in [0.15, 0.2) is 48.5 Å². The number of rotatable bonds is 4. The summed E-state index contributed by atoms with van der Waals surface area (Å²) < 4.78 is 19.8. The first-order valence-electron chi connectivity index (χ1n) is 8.34. The Balaban J connectivity index is 1.59. The minimum atomic E-state index is -0.467. The number of amides is 1. The highest BCUT2D eigenvalue weighted by Crippen LogP contribution is 2.19. The quantitative estimate of drug-likeness (QED) is 0.851. The first kappa shape index (κ1) is 16.7. The highest BCUT2D eigenvalue weighted by molar-refractivity contribution is 5.94. The molecule has 0 bridgehead atoms. The molecule has 0 aromatic heterocycles. The number of benzene rings is 2. The van der Waals surface area contributed by atoms with Crippen molar-refractivity contribution >= 4 is 5.91 Å². The van der Waals surface area contributed by atoms with Crippen LogP contribution in [0.1, 0.15) is 34.3 Å². The van der Waals surface area contributed by atoms with E-state index in [9.17, 15) is 9.18 Å². The number of nitrogens with zero attached hydrogens (tertiary/aromatic N) is 1. The molecule has 0 aliphatic carbocycles. The minimum Gasteiger partial charge on any atom is -0.372 e. The van der Waals surface area contributed by atoms with Crippen LogP contribution in [-0.4, -0.2) is 30.0 Å². The summed E-state index contributed by atoms with van der Waals surface area (Å²) in [5.41, 5.74) is 2.48. The number of ether oxygens (including phenoxy) is 1. The van der Waals surface area contributed by atoms with Crippen LogP contribution in [-0.2, 0) is 11.3 Å². The van der Waals surface area contributed by atoms with E-state index in [1.54, 1.807) is 17.0 Å². The maximum Gasteiger partial charge on any atom is 0.256 e. The van der Waals surface area contributed by atoms with E-state index < -0.39 is 5.82 Å². The Hall–Kier alpha value is -2.20. The fraction of sp³-hybridized carbons (Fsp3) is 0.350. The summed E-state index contributed by atoms with van der Waals surface area (Å²) in [6.45, 7) is 3.75. The van der Waals surface area contributed by atoms with Gasteiger partial charge in [-0.05, 0) is 37.5 Å². The lowest BCUT2D eigenvalue weighted by atomic mass is 10.1. The number of likely N-dealkylation sites (tertiary alicyclic amines) is 1. The Morgan fingerprint density at radius 3 is 2.71 bits per heavy atom. The molecule has 1 saturated heterocycles. The number of carbonyl (C=O) groups is 1. The van der Waals surface area contributed by atoms with Gasteiger partial charge in [0.2, 0.25) is 0 Å². The molecular weight excluding hydrogens is 305 g/mol. The van der Waals surface area contributed by atoms with E-state index in [0.29, 0.717) is 19.7 Å². The predicted molar refractivity (Wildman–Crippen MR) is 91.3 cm³/mol. The van der Waals surface area contributed by atoms with Crippen LogP contribution in [0.25, 0.3) is 0 Å². The summed E-state index contributed by atoms with van der Waals surface area (Å²) in [5, 5.41) is 0. The van der Waals surface area contributed by atoms with Crippen molar-refractivity contribution in [3.8, 4) is 0 Å². The van der Waals surface area contributed by atoms with Gasteiger partial charge in [0.25, 0.3) is 5.91 Å². The predicted octanol–water partition coefficient (Wildman–Crippen LogP) is 3.96. The summed E-state index contributed by atoms with van der Waals surface area (Å²) in [6.07, 6.45) is 1.79. The fourth-order valence-electron chi connectivity index (χ4n) is 2.96. The molecule has 3 rings (SSSR count). The molecule has 1 aliphatic rings. The van der Waals surface area contributed by atoms with Gasteiger partial charge in [-0.25, -0.2) is 4.39 Å². The third-order valence-corrected chi connectivity index (χ3v) is 4.38. The molecular formula is C20H22FNO2. The van der Waals surface area contributed by atoms with Crippen molar-refractivity contribution in [2.45, 2.75) is 32.5 Å². The second-order valence-corrected chi connectivity index (χ2v) is 6.29. The number of aryl methyl sites for hydroxylation is 1. The largest absolute Gasteiger partial charge is 0.372 e. The van der Waals surface area contributed by atoms with Gasteiger partial charge in [-0.1, -0.05) is 42.0 Å². The molecule has 0 spiro atoms. The second-order valence-electron chi connectivity index (χ2n) is 6.29. The molecule has 1 atom stereocenters. The Kier molecular flexibility index (Phi) is 5.26.